The van der Waals surface area contributed by atoms with Crippen LogP contribution >= 0.6 is 0 Å². The maximum absolute atomic E-state index is 11.2. The number of hydrogen-bond acceptors (Lipinski definition) is 3. The van der Waals surface area contributed by atoms with Crippen LogP contribution in [0.1, 0.15) is 48.7 Å². The quantitative estimate of drug-likeness (QED) is 0.778. The Balaban J connectivity index is 2.50. The van der Waals surface area contributed by atoms with Crippen LogP contribution in [-0.4, -0.2) is 16.1 Å². The Morgan fingerprint density at radius 2 is 2.15 bits per heavy atom. The minimum Gasteiger partial charge on any atom is -0.298 e. The third-order valence-corrected chi connectivity index (χ3v) is 3.47. The van der Waals surface area contributed by atoms with Gasteiger partial charge in [-0.2, -0.15) is 10.4 Å². The SMILES string of the molecule is CCC(CC)n1cc(C=O)c(-c2cccc(C#N)c2)n1. The number of benzene rings is 1. The van der Waals surface area contributed by atoms with E-state index in [-0.39, 0.29) is 0 Å². The molecule has 0 fully saturated rings. The van der Waals surface area contributed by atoms with E-state index in [4.69, 9.17) is 5.26 Å². The number of rotatable bonds is 5. The average molecular weight is 267 g/mol. The van der Waals surface area contributed by atoms with Crippen LogP contribution in [0.15, 0.2) is 30.5 Å². The fourth-order valence-corrected chi connectivity index (χ4v) is 2.30. The molecule has 0 unspecified atom stereocenters. The van der Waals surface area contributed by atoms with Crippen molar-refractivity contribution in [3.63, 3.8) is 0 Å². The van der Waals surface area contributed by atoms with Crippen molar-refractivity contribution in [3.8, 4) is 17.3 Å². The van der Waals surface area contributed by atoms with E-state index < -0.39 is 0 Å². The number of nitrogens with zero attached hydrogens (tertiary/aromatic N) is 3. The van der Waals surface area contributed by atoms with Crippen molar-refractivity contribution in [2.45, 2.75) is 32.7 Å². The van der Waals surface area contributed by atoms with E-state index in [0.717, 1.165) is 24.7 Å². The smallest absolute Gasteiger partial charge is 0.153 e. The van der Waals surface area contributed by atoms with E-state index in [1.165, 1.54) is 0 Å². The van der Waals surface area contributed by atoms with Gasteiger partial charge in [-0.25, -0.2) is 0 Å². The summed E-state index contributed by atoms with van der Waals surface area (Å²) in [5.41, 5.74) is 2.57. The van der Waals surface area contributed by atoms with E-state index in [0.29, 0.717) is 22.9 Å². The van der Waals surface area contributed by atoms with E-state index in [9.17, 15) is 4.79 Å². The summed E-state index contributed by atoms with van der Waals surface area (Å²) in [6, 6.07) is 9.56. The molecule has 0 bridgehead atoms. The first kappa shape index (κ1) is 14.0. The van der Waals surface area contributed by atoms with Gasteiger partial charge in [0, 0.05) is 11.8 Å². The zero-order valence-corrected chi connectivity index (χ0v) is 11.7. The number of carbonyl (C=O) groups is 1. The Hall–Kier alpha value is -2.41. The molecule has 4 heteroatoms. The Labute approximate surface area is 118 Å². The molecule has 4 nitrogen and oxygen atoms in total. The summed E-state index contributed by atoms with van der Waals surface area (Å²) in [4.78, 5) is 11.2. The number of aldehydes is 1. The molecule has 20 heavy (non-hydrogen) atoms. The van der Waals surface area contributed by atoms with Gasteiger partial charge < -0.3 is 0 Å². The Morgan fingerprint density at radius 1 is 1.40 bits per heavy atom. The van der Waals surface area contributed by atoms with Crippen LogP contribution < -0.4 is 0 Å². The first-order valence-electron chi connectivity index (χ1n) is 6.78. The predicted molar refractivity (Wildman–Crippen MR) is 77.4 cm³/mol. The monoisotopic (exact) mass is 267 g/mol. The van der Waals surface area contributed by atoms with Gasteiger partial charge in [0.05, 0.1) is 23.2 Å². The lowest BCUT2D eigenvalue weighted by molar-refractivity contribution is 0.112. The molecule has 0 aliphatic rings. The number of hydrogen-bond donors (Lipinski definition) is 0. The third-order valence-electron chi connectivity index (χ3n) is 3.47. The molecule has 0 spiro atoms. The average Bonchev–Trinajstić information content (AvgIpc) is 2.93. The lowest BCUT2D eigenvalue weighted by Gasteiger charge is -2.12. The van der Waals surface area contributed by atoms with Crippen molar-refractivity contribution in [2.24, 2.45) is 0 Å². The molecule has 0 N–H and O–H groups in total. The first-order chi connectivity index (χ1) is 9.73. The number of carbonyl (C=O) groups excluding carboxylic acids is 1. The minimum absolute atomic E-state index is 0.293. The highest BCUT2D eigenvalue weighted by Gasteiger charge is 2.15. The Morgan fingerprint density at radius 3 is 2.75 bits per heavy atom. The van der Waals surface area contributed by atoms with Crippen LogP contribution in [0.2, 0.25) is 0 Å². The fraction of sp³-hybridized carbons (Fsp3) is 0.312. The van der Waals surface area contributed by atoms with E-state index in [1.54, 1.807) is 24.4 Å². The van der Waals surface area contributed by atoms with Crippen LogP contribution in [0, 0.1) is 11.3 Å². The van der Waals surface area contributed by atoms with Gasteiger partial charge in [-0.1, -0.05) is 26.0 Å². The molecular weight excluding hydrogens is 250 g/mol. The van der Waals surface area contributed by atoms with Crippen molar-refractivity contribution >= 4 is 6.29 Å². The molecule has 0 radical (unpaired) electrons. The van der Waals surface area contributed by atoms with Crippen molar-refractivity contribution in [1.82, 2.24) is 9.78 Å². The van der Waals surface area contributed by atoms with Crippen LogP contribution in [0.3, 0.4) is 0 Å². The molecule has 0 aliphatic heterocycles. The topological polar surface area (TPSA) is 58.7 Å². The maximum atomic E-state index is 11.2. The molecule has 1 heterocycles. The van der Waals surface area contributed by atoms with Gasteiger partial charge in [0.15, 0.2) is 6.29 Å². The molecule has 1 aromatic carbocycles. The first-order valence-corrected chi connectivity index (χ1v) is 6.78. The van der Waals surface area contributed by atoms with E-state index in [1.807, 2.05) is 10.7 Å². The largest absolute Gasteiger partial charge is 0.298 e. The van der Waals surface area contributed by atoms with Crippen molar-refractivity contribution in [1.29, 1.82) is 5.26 Å². The summed E-state index contributed by atoms with van der Waals surface area (Å²) in [7, 11) is 0. The van der Waals surface area contributed by atoms with Gasteiger partial charge >= 0.3 is 0 Å². The second-order valence-corrected chi connectivity index (χ2v) is 4.69. The number of aromatic nitrogens is 2. The van der Waals surface area contributed by atoms with Gasteiger partial charge in [0.25, 0.3) is 0 Å². The van der Waals surface area contributed by atoms with Gasteiger partial charge in [-0.05, 0) is 25.0 Å². The number of nitriles is 1. The van der Waals surface area contributed by atoms with Crippen LogP contribution in [-0.2, 0) is 0 Å². The van der Waals surface area contributed by atoms with Crippen molar-refractivity contribution in [2.75, 3.05) is 0 Å². The summed E-state index contributed by atoms with van der Waals surface area (Å²) < 4.78 is 1.86. The zero-order valence-electron chi connectivity index (χ0n) is 11.7. The molecule has 2 rings (SSSR count). The lowest BCUT2D eigenvalue weighted by Crippen LogP contribution is -2.07. The Bertz CT molecular complexity index is 648. The van der Waals surface area contributed by atoms with Gasteiger partial charge in [0.2, 0.25) is 0 Å². The molecule has 0 saturated carbocycles. The van der Waals surface area contributed by atoms with Crippen LogP contribution in [0.4, 0.5) is 0 Å². The standard InChI is InChI=1S/C16H17N3O/c1-3-15(4-2)19-10-14(11-20)16(18-19)13-7-5-6-12(8-13)9-17/h5-8,10-11,15H,3-4H2,1-2H3. The fourth-order valence-electron chi connectivity index (χ4n) is 2.30. The van der Waals surface area contributed by atoms with Crippen molar-refractivity contribution < 1.29 is 4.79 Å². The van der Waals surface area contributed by atoms with Gasteiger partial charge in [0.1, 0.15) is 5.69 Å². The van der Waals surface area contributed by atoms with Crippen LogP contribution in [0.5, 0.6) is 0 Å². The van der Waals surface area contributed by atoms with E-state index in [2.05, 4.69) is 25.0 Å². The normalized spacial score (nSPS) is 10.5. The highest BCUT2D eigenvalue weighted by atomic mass is 16.1. The molecule has 2 aromatic rings. The highest BCUT2D eigenvalue weighted by Crippen LogP contribution is 2.25. The van der Waals surface area contributed by atoms with Gasteiger partial charge in [-0.3, -0.25) is 9.48 Å². The minimum atomic E-state index is 0.293. The van der Waals surface area contributed by atoms with Crippen LogP contribution in [0.25, 0.3) is 11.3 Å². The summed E-state index contributed by atoms with van der Waals surface area (Å²) in [6.07, 6.45) is 4.54. The zero-order chi connectivity index (χ0) is 14.5. The lowest BCUT2D eigenvalue weighted by atomic mass is 10.1. The molecular formula is C16H17N3O. The Kier molecular flexibility index (Phi) is 4.31. The molecule has 0 amide bonds. The second-order valence-electron chi connectivity index (χ2n) is 4.69. The van der Waals surface area contributed by atoms with Gasteiger partial charge in [-0.15, -0.1) is 0 Å². The van der Waals surface area contributed by atoms with E-state index >= 15 is 0 Å². The third kappa shape index (κ3) is 2.62. The highest BCUT2D eigenvalue weighted by molar-refractivity contribution is 5.85. The maximum Gasteiger partial charge on any atom is 0.153 e. The molecule has 0 saturated heterocycles. The second kappa shape index (κ2) is 6.16. The molecule has 1 aromatic heterocycles. The summed E-state index contributed by atoms with van der Waals surface area (Å²) in [6.45, 7) is 4.21. The summed E-state index contributed by atoms with van der Waals surface area (Å²) in [5.74, 6) is 0. The summed E-state index contributed by atoms with van der Waals surface area (Å²) >= 11 is 0. The molecule has 0 aliphatic carbocycles. The van der Waals surface area contributed by atoms with Crippen molar-refractivity contribution in [3.05, 3.63) is 41.6 Å². The molecule has 0 atom stereocenters. The summed E-state index contributed by atoms with van der Waals surface area (Å²) in [5, 5.41) is 13.5. The predicted octanol–water partition coefficient (Wildman–Crippen LogP) is 3.60. The molecule has 102 valence electrons.